The van der Waals surface area contributed by atoms with Gasteiger partial charge in [0.05, 0.1) is 15.4 Å². The predicted molar refractivity (Wildman–Crippen MR) is 147 cm³/mol. The molecule has 4 aromatic heterocycles. The number of hydrogen-bond donors (Lipinski definition) is 0. The lowest BCUT2D eigenvalue weighted by atomic mass is 9.95. The van der Waals surface area contributed by atoms with Crippen molar-refractivity contribution >= 4 is 61.1 Å². The van der Waals surface area contributed by atoms with E-state index in [0.717, 1.165) is 25.2 Å². The van der Waals surface area contributed by atoms with Gasteiger partial charge in [0.2, 0.25) is 0 Å². The standard InChI is InChI=1S/C25H27NO2S5/c1-24(2,3)20-11-10-16(30-20)15-8-9-17(29-15)18-12-14-22(31-18)23-19(33(27,28)26(14)7)13-21(32-23)25(4,5)6/h8-13H,1-7H3. The Morgan fingerprint density at radius 1 is 0.667 bits per heavy atom. The molecule has 0 aliphatic carbocycles. The fourth-order valence-corrected chi connectivity index (χ4v) is 10.4. The molecule has 1 aliphatic heterocycles. The summed E-state index contributed by atoms with van der Waals surface area (Å²) < 4.78 is 28.0. The Hall–Kier alpha value is -1.45. The molecule has 174 valence electrons. The molecule has 0 bridgehead atoms. The maximum atomic E-state index is 13.3. The molecule has 4 aromatic rings. The first-order valence-electron chi connectivity index (χ1n) is 10.7. The number of sulfonamides is 1. The summed E-state index contributed by atoms with van der Waals surface area (Å²) in [7, 11) is -1.87. The van der Waals surface area contributed by atoms with Gasteiger partial charge in [-0.05, 0) is 47.2 Å². The fourth-order valence-electron chi connectivity index (χ4n) is 3.75. The first-order valence-corrected chi connectivity index (χ1v) is 15.5. The monoisotopic (exact) mass is 533 g/mol. The molecule has 0 N–H and O–H groups in total. The van der Waals surface area contributed by atoms with Crippen molar-refractivity contribution in [2.45, 2.75) is 57.3 Å². The molecule has 3 nitrogen and oxygen atoms in total. The molecule has 0 saturated heterocycles. The van der Waals surface area contributed by atoms with Crippen LogP contribution >= 0.6 is 45.3 Å². The minimum atomic E-state index is -3.54. The molecule has 0 spiro atoms. The molecule has 33 heavy (non-hydrogen) atoms. The van der Waals surface area contributed by atoms with Gasteiger partial charge in [-0.3, -0.25) is 4.31 Å². The van der Waals surface area contributed by atoms with Gasteiger partial charge >= 0.3 is 0 Å². The third-order valence-corrected chi connectivity index (χ3v) is 13.5. The summed E-state index contributed by atoms with van der Waals surface area (Å²) in [6.07, 6.45) is 0. The normalized spacial score (nSPS) is 15.5. The molecule has 5 rings (SSSR count). The zero-order valence-electron chi connectivity index (χ0n) is 19.8. The fraction of sp³-hybridized carbons (Fsp3) is 0.360. The molecule has 0 atom stereocenters. The van der Waals surface area contributed by atoms with Gasteiger partial charge in [-0.25, -0.2) is 8.42 Å². The second kappa shape index (κ2) is 7.52. The molecule has 0 aromatic carbocycles. The van der Waals surface area contributed by atoms with Crippen LogP contribution in [0.15, 0.2) is 41.3 Å². The molecule has 0 unspecified atom stereocenters. The van der Waals surface area contributed by atoms with E-state index in [-0.39, 0.29) is 10.8 Å². The number of rotatable bonds is 2. The third-order valence-electron chi connectivity index (χ3n) is 5.77. The molecule has 0 saturated carbocycles. The molecule has 0 fully saturated rings. The maximum Gasteiger partial charge on any atom is 0.265 e. The minimum absolute atomic E-state index is 0.0916. The topological polar surface area (TPSA) is 37.4 Å². The summed E-state index contributed by atoms with van der Waals surface area (Å²) in [5.41, 5.74) is 0.841. The average Bonchev–Trinajstić information content (AvgIpc) is 3.49. The van der Waals surface area contributed by atoms with Crippen LogP contribution in [-0.4, -0.2) is 15.5 Å². The number of fused-ring (bicyclic) bond motifs is 3. The highest BCUT2D eigenvalue weighted by atomic mass is 32.2. The zero-order valence-corrected chi connectivity index (χ0v) is 23.9. The average molecular weight is 534 g/mol. The van der Waals surface area contributed by atoms with Gasteiger partial charge in [-0.1, -0.05) is 41.5 Å². The van der Waals surface area contributed by atoms with E-state index in [1.807, 2.05) is 23.5 Å². The van der Waals surface area contributed by atoms with Gasteiger partial charge < -0.3 is 0 Å². The Morgan fingerprint density at radius 3 is 1.85 bits per heavy atom. The van der Waals surface area contributed by atoms with E-state index < -0.39 is 10.0 Å². The molecule has 1 aliphatic rings. The number of anilines is 1. The molecule has 0 radical (unpaired) electrons. The van der Waals surface area contributed by atoms with Crippen LogP contribution in [0.3, 0.4) is 0 Å². The summed E-state index contributed by atoms with van der Waals surface area (Å²) in [4.78, 5) is 9.69. The van der Waals surface area contributed by atoms with Crippen molar-refractivity contribution < 1.29 is 8.42 Å². The highest BCUT2D eigenvalue weighted by Gasteiger charge is 2.38. The van der Waals surface area contributed by atoms with E-state index in [9.17, 15) is 8.42 Å². The van der Waals surface area contributed by atoms with Gasteiger partial charge in [-0.2, -0.15) is 0 Å². The Balaban J connectivity index is 1.58. The summed E-state index contributed by atoms with van der Waals surface area (Å²) in [6.45, 7) is 13.1. The van der Waals surface area contributed by atoms with Crippen LogP contribution in [-0.2, 0) is 20.9 Å². The van der Waals surface area contributed by atoms with Crippen molar-refractivity contribution in [3.05, 3.63) is 46.2 Å². The molecule has 8 heteroatoms. The summed E-state index contributed by atoms with van der Waals surface area (Å²) in [6, 6.07) is 12.7. The third kappa shape index (κ3) is 3.84. The van der Waals surface area contributed by atoms with Crippen LogP contribution < -0.4 is 4.31 Å². The number of nitrogens with zero attached hydrogens (tertiary/aromatic N) is 1. The lowest BCUT2D eigenvalue weighted by molar-refractivity contribution is 0.591. The van der Waals surface area contributed by atoms with E-state index in [4.69, 9.17) is 0 Å². The summed E-state index contributed by atoms with van der Waals surface area (Å²) in [5.74, 6) is 0. The van der Waals surface area contributed by atoms with E-state index in [2.05, 4.69) is 65.8 Å². The molecule has 0 amide bonds. The lowest BCUT2D eigenvalue weighted by Crippen LogP contribution is -2.28. The summed E-state index contributed by atoms with van der Waals surface area (Å²) in [5, 5.41) is 0. The highest BCUT2D eigenvalue weighted by molar-refractivity contribution is 7.93. The van der Waals surface area contributed by atoms with Crippen LogP contribution in [0, 0.1) is 0 Å². The number of hydrogen-bond acceptors (Lipinski definition) is 6. The zero-order chi connectivity index (χ0) is 23.9. The van der Waals surface area contributed by atoms with Crippen molar-refractivity contribution in [2.75, 3.05) is 11.4 Å². The smallest absolute Gasteiger partial charge is 0.265 e. The Kier molecular flexibility index (Phi) is 5.31. The molecular weight excluding hydrogens is 507 g/mol. The van der Waals surface area contributed by atoms with Crippen LogP contribution in [0.1, 0.15) is 51.3 Å². The first-order chi connectivity index (χ1) is 15.3. The Morgan fingerprint density at radius 2 is 1.24 bits per heavy atom. The van der Waals surface area contributed by atoms with Crippen molar-refractivity contribution in [3.63, 3.8) is 0 Å². The maximum absolute atomic E-state index is 13.3. The van der Waals surface area contributed by atoms with Gasteiger partial charge in [-0.15, -0.1) is 45.3 Å². The van der Waals surface area contributed by atoms with Crippen LogP contribution in [0.2, 0.25) is 0 Å². The van der Waals surface area contributed by atoms with Crippen molar-refractivity contribution in [1.82, 2.24) is 0 Å². The summed E-state index contributed by atoms with van der Waals surface area (Å²) >= 11 is 6.94. The van der Waals surface area contributed by atoms with Crippen LogP contribution in [0.25, 0.3) is 29.3 Å². The van der Waals surface area contributed by atoms with E-state index >= 15 is 0 Å². The minimum Gasteiger partial charge on any atom is -0.268 e. The lowest BCUT2D eigenvalue weighted by Gasteiger charge is -2.24. The van der Waals surface area contributed by atoms with E-state index in [1.54, 1.807) is 41.1 Å². The first kappa shape index (κ1) is 23.3. The molecular formula is C25H27NO2S5. The quantitative estimate of drug-likeness (QED) is 0.258. The Labute approximate surface area is 212 Å². The van der Waals surface area contributed by atoms with Gasteiger partial charge in [0, 0.05) is 36.3 Å². The van der Waals surface area contributed by atoms with Crippen molar-refractivity contribution in [2.24, 2.45) is 0 Å². The second-order valence-electron chi connectivity index (χ2n) is 10.4. The van der Waals surface area contributed by atoms with E-state index in [1.165, 1.54) is 23.8 Å². The largest absolute Gasteiger partial charge is 0.268 e. The van der Waals surface area contributed by atoms with E-state index in [0.29, 0.717) is 4.90 Å². The Bertz CT molecular complexity index is 1470. The van der Waals surface area contributed by atoms with Gasteiger partial charge in [0.25, 0.3) is 10.0 Å². The van der Waals surface area contributed by atoms with Gasteiger partial charge in [0.15, 0.2) is 0 Å². The number of thiophene rings is 4. The second-order valence-corrected chi connectivity index (χ2v) is 16.6. The SMILES string of the molecule is CN1c2cc(-c3ccc(-c4ccc(C(C)(C)C)s4)s3)sc2-c2sc(C(C)(C)C)cc2S1(=O)=O. The van der Waals surface area contributed by atoms with Crippen LogP contribution in [0.4, 0.5) is 5.69 Å². The highest BCUT2D eigenvalue weighted by Crippen LogP contribution is 2.54. The van der Waals surface area contributed by atoms with Crippen molar-refractivity contribution in [3.8, 4) is 29.3 Å². The predicted octanol–water partition coefficient (Wildman–Crippen LogP) is 8.67. The molecule has 5 heterocycles. The van der Waals surface area contributed by atoms with Crippen molar-refractivity contribution in [1.29, 1.82) is 0 Å². The van der Waals surface area contributed by atoms with Gasteiger partial charge in [0.1, 0.15) is 4.90 Å². The van der Waals surface area contributed by atoms with Crippen LogP contribution in [0.5, 0.6) is 0 Å².